The van der Waals surface area contributed by atoms with Crippen molar-refractivity contribution in [2.24, 2.45) is 0 Å². The number of rotatable bonds is 4. The van der Waals surface area contributed by atoms with Crippen LogP contribution in [0.15, 0.2) is 24.3 Å². The Balaban J connectivity index is 2.12. The molecule has 3 heteroatoms. The number of benzene rings is 1. The van der Waals surface area contributed by atoms with Gasteiger partial charge >= 0.3 is 0 Å². The molecule has 0 amide bonds. The Morgan fingerprint density at radius 2 is 2.11 bits per heavy atom. The first-order chi connectivity index (χ1) is 9.28. The maximum Gasteiger partial charge on any atom is 0.0995 e. The maximum atomic E-state index is 9.19. The molecule has 2 rings (SSSR count). The lowest BCUT2D eigenvalue weighted by molar-refractivity contribution is 0.117. The normalized spacial score (nSPS) is 24.1. The number of hydrogen-bond acceptors (Lipinski definition) is 3. The quantitative estimate of drug-likeness (QED) is 0.901. The fraction of sp³-hybridized carbons (Fsp3) is 0.562. The number of nitriles is 1. The second-order valence-corrected chi connectivity index (χ2v) is 5.27. The summed E-state index contributed by atoms with van der Waals surface area (Å²) in [6.45, 7) is 7.49. The Morgan fingerprint density at radius 1 is 1.32 bits per heavy atom. The third-order valence-corrected chi connectivity index (χ3v) is 4.09. The molecule has 1 N–H and O–H groups in total. The van der Waals surface area contributed by atoms with Gasteiger partial charge in [-0.3, -0.25) is 4.90 Å². The van der Waals surface area contributed by atoms with E-state index in [0.717, 1.165) is 43.6 Å². The van der Waals surface area contributed by atoms with Crippen molar-refractivity contribution in [2.75, 3.05) is 13.1 Å². The molecule has 102 valence electrons. The summed E-state index contributed by atoms with van der Waals surface area (Å²) < 4.78 is 0. The van der Waals surface area contributed by atoms with Crippen molar-refractivity contribution in [1.29, 1.82) is 5.26 Å². The summed E-state index contributed by atoms with van der Waals surface area (Å²) in [4.78, 5) is 2.53. The predicted octanol–water partition coefficient (Wildman–Crippen LogP) is 2.52. The molecule has 1 aliphatic rings. The largest absolute Gasteiger partial charge is 0.311 e. The molecule has 0 radical (unpaired) electrons. The zero-order valence-corrected chi connectivity index (χ0v) is 11.9. The van der Waals surface area contributed by atoms with Gasteiger partial charge in [0.2, 0.25) is 0 Å². The van der Waals surface area contributed by atoms with Crippen molar-refractivity contribution in [3.8, 4) is 6.07 Å². The first-order valence-corrected chi connectivity index (χ1v) is 7.23. The van der Waals surface area contributed by atoms with Crippen molar-refractivity contribution in [2.45, 2.75) is 45.3 Å². The smallest absolute Gasteiger partial charge is 0.0995 e. The molecular weight excluding hydrogens is 234 g/mol. The summed E-state index contributed by atoms with van der Waals surface area (Å²) >= 11 is 0. The molecule has 2 atom stereocenters. The molecule has 0 bridgehead atoms. The van der Waals surface area contributed by atoms with Crippen LogP contribution in [0, 0.1) is 11.3 Å². The minimum absolute atomic E-state index is 0.578. The number of nitrogens with one attached hydrogen (secondary N) is 1. The highest BCUT2D eigenvalue weighted by atomic mass is 15.2. The standard InChI is InChI=1S/C16H23N3/c1-3-15-12-19(16(4-2)10-18-15)11-14-8-6-5-7-13(14)9-17/h5-8,15-16,18H,3-4,10-12H2,1-2H3. The van der Waals surface area contributed by atoms with Crippen molar-refractivity contribution in [3.05, 3.63) is 35.4 Å². The summed E-state index contributed by atoms with van der Waals surface area (Å²) in [6, 6.07) is 11.4. The molecule has 1 heterocycles. The van der Waals surface area contributed by atoms with Gasteiger partial charge in [0, 0.05) is 31.7 Å². The lowest BCUT2D eigenvalue weighted by Crippen LogP contribution is -2.55. The van der Waals surface area contributed by atoms with Crippen LogP contribution in [0.3, 0.4) is 0 Å². The van der Waals surface area contributed by atoms with Crippen LogP contribution in [0.1, 0.15) is 37.8 Å². The SMILES string of the molecule is CCC1CN(Cc2ccccc2C#N)C(CC)CN1. The zero-order chi connectivity index (χ0) is 13.7. The van der Waals surface area contributed by atoms with Gasteiger partial charge in [-0.25, -0.2) is 0 Å². The predicted molar refractivity (Wildman–Crippen MR) is 77.7 cm³/mol. The van der Waals surface area contributed by atoms with E-state index in [2.05, 4.69) is 36.2 Å². The monoisotopic (exact) mass is 257 g/mol. The van der Waals surface area contributed by atoms with Gasteiger partial charge < -0.3 is 5.32 Å². The fourth-order valence-corrected chi connectivity index (χ4v) is 2.78. The minimum atomic E-state index is 0.578. The van der Waals surface area contributed by atoms with E-state index in [1.54, 1.807) is 0 Å². The topological polar surface area (TPSA) is 39.1 Å². The lowest BCUT2D eigenvalue weighted by Gasteiger charge is -2.40. The molecule has 1 aromatic carbocycles. The highest BCUT2D eigenvalue weighted by molar-refractivity contribution is 5.37. The van der Waals surface area contributed by atoms with Crippen LogP contribution in [-0.2, 0) is 6.54 Å². The Kier molecular flexibility index (Phi) is 4.95. The average molecular weight is 257 g/mol. The molecule has 1 saturated heterocycles. The van der Waals surface area contributed by atoms with E-state index < -0.39 is 0 Å². The summed E-state index contributed by atoms with van der Waals surface area (Å²) in [5.74, 6) is 0. The van der Waals surface area contributed by atoms with Gasteiger partial charge in [0.15, 0.2) is 0 Å². The van der Waals surface area contributed by atoms with Crippen LogP contribution >= 0.6 is 0 Å². The van der Waals surface area contributed by atoms with Crippen LogP contribution in [0.2, 0.25) is 0 Å². The van der Waals surface area contributed by atoms with E-state index >= 15 is 0 Å². The van der Waals surface area contributed by atoms with Gasteiger partial charge in [-0.05, 0) is 24.5 Å². The third-order valence-electron chi connectivity index (χ3n) is 4.09. The molecule has 0 aliphatic carbocycles. The Morgan fingerprint density at radius 3 is 2.79 bits per heavy atom. The van der Waals surface area contributed by atoms with Crippen molar-refractivity contribution in [3.63, 3.8) is 0 Å². The molecule has 1 aromatic rings. The lowest BCUT2D eigenvalue weighted by atomic mass is 10.0. The van der Waals surface area contributed by atoms with Crippen molar-refractivity contribution < 1.29 is 0 Å². The Hall–Kier alpha value is -1.37. The maximum absolute atomic E-state index is 9.19. The highest BCUT2D eigenvalue weighted by Crippen LogP contribution is 2.18. The average Bonchev–Trinajstić information content (AvgIpc) is 2.47. The number of hydrogen-bond donors (Lipinski definition) is 1. The van der Waals surface area contributed by atoms with Crippen molar-refractivity contribution in [1.82, 2.24) is 10.2 Å². The molecule has 1 aliphatic heterocycles. The zero-order valence-electron chi connectivity index (χ0n) is 11.9. The second kappa shape index (κ2) is 6.70. The van der Waals surface area contributed by atoms with E-state index in [1.165, 1.54) is 0 Å². The summed E-state index contributed by atoms with van der Waals surface area (Å²) in [6.07, 6.45) is 2.31. The van der Waals surface area contributed by atoms with Gasteiger partial charge in [-0.15, -0.1) is 0 Å². The minimum Gasteiger partial charge on any atom is -0.311 e. The van der Waals surface area contributed by atoms with Crippen LogP contribution in [0.4, 0.5) is 0 Å². The van der Waals surface area contributed by atoms with Gasteiger partial charge in [-0.1, -0.05) is 32.0 Å². The van der Waals surface area contributed by atoms with E-state index in [-0.39, 0.29) is 0 Å². The fourth-order valence-electron chi connectivity index (χ4n) is 2.78. The van der Waals surface area contributed by atoms with Crippen LogP contribution in [-0.4, -0.2) is 30.1 Å². The Labute approximate surface area is 116 Å². The molecule has 3 nitrogen and oxygen atoms in total. The van der Waals surface area contributed by atoms with Gasteiger partial charge in [0.25, 0.3) is 0 Å². The van der Waals surface area contributed by atoms with Gasteiger partial charge in [0.05, 0.1) is 11.6 Å². The van der Waals surface area contributed by atoms with E-state index in [1.807, 2.05) is 18.2 Å². The molecule has 1 fully saturated rings. The third kappa shape index (κ3) is 3.34. The molecule has 0 spiro atoms. The van der Waals surface area contributed by atoms with E-state index in [0.29, 0.717) is 12.1 Å². The van der Waals surface area contributed by atoms with Crippen LogP contribution in [0.5, 0.6) is 0 Å². The molecule has 0 aromatic heterocycles. The van der Waals surface area contributed by atoms with Gasteiger partial charge in [-0.2, -0.15) is 5.26 Å². The van der Waals surface area contributed by atoms with E-state index in [9.17, 15) is 5.26 Å². The summed E-state index contributed by atoms with van der Waals surface area (Å²) in [5, 5.41) is 12.8. The molecule has 2 unspecified atom stereocenters. The molecule has 0 saturated carbocycles. The number of piperazine rings is 1. The number of nitrogens with zero attached hydrogens (tertiary/aromatic N) is 2. The van der Waals surface area contributed by atoms with Crippen LogP contribution in [0.25, 0.3) is 0 Å². The first-order valence-electron chi connectivity index (χ1n) is 7.23. The summed E-state index contributed by atoms with van der Waals surface area (Å²) in [7, 11) is 0. The second-order valence-electron chi connectivity index (χ2n) is 5.27. The summed E-state index contributed by atoms with van der Waals surface area (Å²) in [5.41, 5.74) is 1.96. The van der Waals surface area contributed by atoms with Crippen molar-refractivity contribution >= 4 is 0 Å². The Bertz CT molecular complexity index is 450. The van der Waals surface area contributed by atoms with E-state index in [4.69, 9.17) is 0 Å². The van der Waals surface area contributed by atoms with Gasteiger partial charge in [0.1, 0.15) is 0 Å². The highest BCUT2D eigenvalue weighted by Gasteiger charge is 2.26. The van der Waals surface area contributed by atoms with Crippen LogP contribution < -0.4 is 5.32 Å². The molecular formula is C16H23N3. The molecule has 19 heavy (non-hydrogen) atoms. The first kappa shape index (κ1) is 14.0.